The van der Waals surface area contributed by atoms with Gasteiger partial charge in [-0.25, -0.2) is 22.8 Å². The monoisotopic (exact) mass is 386 g/mol. The van der Waals surface area contributed by atoms with E-state index in [2.05, 4.69) is 5.32 Å². The number of halogens is 3. The third kappa shape index (κ3) is 3.47. The van der Waals surface area contributed by atoms with Crippen molar-refractivity contribution in [3.63, 3.8) is 0 Å². The number of nitrogens with one attached hydrogen (secondary N) is 1. The minimum atomic E-state index is -1.09. The first-order valence-corrected chi connectivity index (χ1v) is 8.51. The number of carbonyl (C=O) groups is 2. The molecule has 27 heavy (non-hydrogen) atoms. The molecule has 0 radical (unpaired) electrons. The molecule has 3 fully saturated rings. The quantitative estimate of drug-likeness (QED) is 0.859. The maximum Gasteiger partial charge on any atom is 0.409 e. The van der Waals surface area contributed by atoms with Crippen molar-refractivity contribution >= 4 is 12.2 Å². The number of carbonyl (C=O) groups excluding carboxylic acids is 2. The SMILES string of the molecule is O=C1NC2(CO1)CN(C(=O)OCC1CC(Oc3c(F)cc(F)cc3F)C1)C2. The molecule has 7 nitrogen and oxygen atoms in total. The maximum absolute atomic E-state index is 13.6. The second kappa shape index (κ2) is 6.50. The zero-order chi connectivity index (χ0) is 19.2. The lowest BCUT2D eigenvalue weighted by atomic mass is 9.83. The average Bonchev–Trinajstić information content (AvgIpc) is 2.92. The number of cyclic esters (lactones) is 1. The Morgan fingerprint density at radius 3 is 2.52 bits per heavy atom. The zero-order valence-electron chi connectivity index (χ0n) is 14.2. The Balaban J connectivity index is 1.17. The van der Waals surface area contributed by atoms with Gasteiger partial charge in [0.1, 0.15) is 18.0 Å². The summed E-state index contributed by atoms with van der Waals surface area (Å²) in [7, 11) is 0. The Morgan fingerprint density at radius 1 is 1.26 bits per heavy atom. The average molecular weight is 386 g/mol. The highest BCUT2D eigenvalue weighted by atomic mass is 19.1. The molecule has 1 spiro atoms. The van der Waals surface area contributed by atoms with Gasteiger partial charge in [0.25, 0.3) is 0 Å². The standard InChI is InChI=1S/C17H17F3N2O5/c18-10-3-12(19)14(13(20)4-10)27-11-1-9(2-11)5-25-16(24)22-6-17(7-22)8-26-15(23)21-17/h3-4,9,11H,1-2,5-8H2,(H,21,23). The number of rotatable bonds is 4. The maximum atomic E-state index is 13.6. The lowest BCUT2D eigenvalue weighted by molar-refractivity contribution is -0.00831. The van der Waals surface area contributed by atoms with Crippen LogP contribution in [0.4, 0.5) is 22.8 Å². The first kappa shape index (κ1) is 17.7. The van der Waals surface area contributed by atoms with Gasteiger partial charge < -0.3 is 24.4 Å². The summed E-state index contributed by atoms with van der Waals surface area (Å²) in [5, 5.41) is 2.67. The van der Waals surface area contributed by atoms with Crippen molar-refractivity contribution in [2.75, 3.05) is 26.3 Å². The van der Waals surface area contributed by atoms with Crippen molar-refractivity contribution in [3.05, 3.63) is 29.6 Å². The Bertz CT molecular complexity index is 755. The van der Waals surface area contributed by atoms with Gasteiger partial charge in [-0.15, -0.1) is 0 Å². The van der Waals surface area contributed by atoms with Gasteiger partial charge in [-0.3, -0.25) is 0 Å². The van der Waals surface area contributed by atoms with Gasteiger partial charge in [-0.2, -0.15) is 0 Å². The molecule has 1 aliphatic carbocycles. The van der Waals surface area contributed by atoms with Gasteiger partial charge in [-0.05, 0) is 12.8 Å². The number of nitrogens with zero attached hydrogens (tertiary/aromatic N) is 1. The van der Waals surface area contributed by atoms with Crippen molar-refractivity contribution in [1.82, 2.24) is 10.2 Å². The Hall–Kier alpha value is -2.65. The molecule has 10 heteroatoms. The highest BCUT2D eigenvalue weighted by Gasteiger charge is 2.51. The van der Waals surface area contributed by atoms with E-state index in [9.17, 15) is 22.8 Å². The van der Waals surface area contributed by atoms with Crippen LogP contribution in [0.25, 0.3) is 0 Å². The first-order valence-electron chi connectivity index (χ1n) is 8.51. The Kier molecular flexibility index (Phi) is 4.27. The third-order valence-corrected chi connectivity index (χ3v) is 4.97. The molecule has 146 valence electrons. The second-order valence-electron chi connectivity index (χ2n) is 7.19. The molecule has 2 heterocycles. The molecule has 2 saturated heterocycles. The molecular weight excluding hydrogens is 369 g/mol. The van der Waals surface area contributed by atoms with Gasteiger partial charge in [0.15, 0.2) is 17.4 Å². The van der Waals surface area contributed by atoms with E-state index in [0.717, 1.165) is 0 Å². The Labute approximate surface area is 152 Å². The summed E-state index contributed by atoms with van der Waals surface area (Å²) in [6.07, 6.45) is -0.449. The minimum Gasteiger partial charge on any atom is -0.484 e. The molecule has 1 aromatic carbocycles. The molecule has 0 unspecified atom stereocenters. The van der Waals surface area contributed by atoms with Crippen molar-refractivity contribution in [2.45, 2.75) is 24.5 Å². The summed E-state index contributed by atoms with van der Waals surface area (Å²) >= 11 is 0. The van der Waals surface area contributed by atoms with Crippen LogP contribution in [0.3, 0.4) is 0 Å². The van der Waals surface area contributed by atoms with Crippen LogP contribution in [0, 0.1) is 23.4 Å². The number of alkyl carbamates (subject to hydrolysis) is 1. The number of hydrogen-bond acceptors (Lipinski definition) is 5. The van der Waals surface area contributed by atoms with Crippen molar-refractivity contribution in [2.24, 2.45) is 5.92 Å². The number of benzene rings is 1. The summed E-state index contributed by atoms with van der Waals surface area (Å²) in [5.74, 6) is -3.75. The lowest BCUT2D eigenvalue weighted by Crippen LogP contribution is -2.70. The van der Waals surface area contributed by atoms with E-state index in [4.69, 9.17) is 14.2 Å². The predicted octanol–water partition coefficient (Wildman–Crippen LogP) is 2.19. The van der Waals surface area contributed by atoms with Gasteiger partial charge in [0, 0.05) is 18.1 Å². The van der Waals surface area contributed by atoms with Crippen LogP contribution in [0.5, 0.6) is 5.75 Å². The smallest absolute Gasteiger partial charge is 0.409 e. The van der Waals surface area contributed by atoms with Crippen molar-refractivity contribution in [1.29, 1.82) is 0 Å². The van der Waals surface area contributed by atoms with Crippen molar-refractivity contribution in [3.8, 4) is 5.75 Å². The van der Waals surface area contributed by atoms with Gasteiger partial charge in [-0.1, -0.05) is 0 Å². The molecule has 1 saturated carbocycles. The third-order valence-electron chi connectivity index (χ3n) is 4.97. The summed E-state index contributed by atoms with van der Waals surface area (Å²) in [6.45, 7) is 1.06. The summed E-state index contributed by atoms with van der Waals surface area (Å²) in [6, 6.07) is 1.13. The van der Waals surface area contributed by atoms with E-state index in [1.165, 1.54) is 4.90 Å². The summed E-state index contributed by atoms with van der Waals surface area (Å²) in [5.41, 5.74) is -0.505. The highest BCUT2D eigenvalue weighted by Crippen LogP contribution is 2.34. The molecule has 2 amide bonds. The largest absolute Gasteiger partial charge is 0.484 e. The molecule has 2 aliphatic heterocycles. The van der Waals surface area contributed by atoms with E-state index in [1.807, 2.05) is 0 Å². The number of amides is 2. The highest BCUT2D eigenvalue weighted by molar-refractivity contribution is 5.74. The molecule has 1 N–H and O–H groups in total. The number of ether oxygens (including phenoxy) is 3. The van der Waals surface area contributed by atoms with E-state index in [0.29, 0.717) is 38.1 Å². The molecule has 3 aliphatic rings. The fourth-order valence-corrected chi connectivity index (χ4v) is 3.47. The minimum absolute atomic E-state index is 0.0234. The lowest BCUT2D eigenvalue weighted by Gasteiger charge is -2.45. The van der Waals surface area contributed by atoms with Crippen molar-refractivity contribution < 1.29 is 37.0 Å². The molecule has 0 bridgehead atoms. The Morgan fingerprint density at radius 2 is 1.93 bits per heavy atom. The topological polar surface area (TPSA) is 77.1 Å². The van der Waals surface area contributed by atoms with Crippen LogP contribution in [0.1, 0.15) is 12.8 Å². The molecule has 0 aromatic heterocycles. The van der Waals surface area contributed by atoms with Crippen LogP contribution in [-0.4, -0.2) is 55.0 Å². The molecule has 1 aromatic rings. The fourth-order valence-electron chi connectivity index (χ4n) is 3.47. The van der Waals surface area contributed by atoms with Crippen LogP contribution in [-0.2, 0) is 9.47 Å². The van der Waals surface area contributed by atoms with Gasteiger partial charge in [0.2, 0.25) is 0 Å². The van der Waals surface area contributed by atoms with E-state index in [1.54, 1.807) is 0 Å². The normalized spacial score (nSPS) is 25.3. The first-order chi connectivity index (χ1) is 12.8. The van der Waals surface area contributed by atoms with Crippen LogP contribution in [0.2, 0.25) is 0 Å². The van der Waals surface area contributed by atoms with Crippen LogP contribution in [0.15, 0.2) is 12.1 Å². The van der Waals surface area contributed by atoms with E-state index in [-0.39, 0.29) is 19.1 Å². The van der Waals surface area contributed by atoms with Crippen LogP contribution < -0.4 is 10.1 Å². The number of hydrogen-bond donors (Lipinski definition) is 1. The van der Waals surface area contributed by atoms with Gasteiger partial charge in [0.05, 0.1) is 25.8 Å². The molecular formula is C17H17F3N2O5. The summed E-state index contributed by atoms with van der Waals surface area (Å²) in [4.78, 5) is 24.5. The molecule has 4 rings (SSSR count). The zero-order valence-corrected chi connectivity index (χ0v) is 14.2. The second-order valence-corrected chi connectivity index (χ2v) is 7.19. The molecule has 0 atom stereocenters. The number of likely N-dealkylation sites (tertiary alicyclic amines) is 1. The van der Waals surface area contributed by atoms with Crippen LogP contribution >= 0.6 is 0 Å². The van der Waals surface area contributed by atoms with E-state index < -0.39 is 47.0 Å². The van der Waals surface area contributed by atoms with E-state index >= 15 is 0 Å². The van der Waals surface area contributed by atoms with Gasteiger partial charge >= 0.3 is 12.2 Å². The summed E-state index contributed by atoms with van der Waals surface area (Å²) < 4.78 is 55.3. The predicted molar refractivity (Wildman–Crippen MR) is 83.6 cm³/mol. The fraction of sp³-hybridized carbons (Fsp3) is 0.529.